The molecule has 1 aromatic heterocycles. The first kappa shape index (κ1) is 20.0. The van der Waals surface area contributed by atoms with Gasteiger partial charge in [0.05, 0.1) is 24.5 Å². The third kappa shape index (κ3) is 3.18. The number of fused-ring (bicyclic) bond motifs is 5. The average Bonchev–Trinajstić information content (AvgIpc) is 2.94. The third-order valence-electron chi connectivity index (χ3n) is 8.46. The first-order chi connectivity index (χ1) is 15.4. The van der Waals surface area contributed by atoms with Gasteiger partial charge in [-0.05, 0) is 69.1 Å². The zero-order chi connectivity index (χ0) is 22.0. The summed E-state index contributed by atoms with van der Waals surface area (Å²) in [6, 6.07) is 12.7. The van der Waals surface area contributed by atoms with Crippen molar-refractivity contribution in [3.8, 4) is 0 Å². The van der Waals surface area contributed by atoms with Gasteiger partial charge in [-0.2, -0.15) is 0 Å². The number of para-hydroxylation sites is 2. The minimum Gasteiger partial charge on any atom is -0.365 e. The maximum atomic E-state index is 14.0. The van der Waals surface area contributed by atoms with E-state index in [4.69, 9.17) is 0 Å². The highest BCUT2D eigenvalue weighted by molar-refractivity contribution is 5.84. The molecule has 2 aliphatic heterocycles. The number of rotatable bonds is 3. The largest absolute Gasteiger partial charge is 0.365 e. The van der Waals surface area contributed by atoms with Crippen molar-refractivity contribution in [2.24, 2.45) is 10.8 Å². The van der Waals surface area contributed by atoms with Gasteiger partial charge in [-0.15, -0.1) is 0 Å². The van der Waals surface area contributed by atoms with E-state index in [1.54, 1.807) is 11.8 Å². The normalized spacial score (nSPS) is 29.9. The number of amides is 1. The van der Waals surface area contributed by atoms with E-state index in [2.05, 4.69) is 45.5 Å². The molecular weight excluding hydrogens is 403 g/mol. The monoisotopic (exact) mass is 434 g/mol. The summed E-state index contributed by atoms with van der Waals surface area (Å²) in [7, 11) is 0. The Morgan fingerprint density at radius 2 is 1.78 bits per heavy atom. The second-order valence-electron chi connectivity index (χ2n) is 10.9. The molecule has 3 heterocycles. The minimum absolute atomic E-state index is 0.213. The van der Waals surface area contributed by atoms with Crippen molar-refractivity contribution in [3.63, 3.8) is 0 Å². The maximum absolute atomic E-state index is 14.0. The number of alkyl halides is 1. The molecular formula is C26H31FN4O. The Labute approximate surface area is 189 Å². The van der Waals surface area contributed by atoms with Gasteiger partial charge in [-0.3, -0.25) is 4.79 Å². The van der Waals surface area contributed by atoms with Crippen LogP contribution >= 0.6 is 0 Å². The average molecular weight is 435 g/mol. The molecule has 3 saturated carbocycles. The van der Waals surface area contributed by atoms with Gasteiger partial charge in [-0.1, -0.05) is 18.2 Å². The Hall–Kier alpha value is -2.63. The van der Waals surface area contributed by atoms with Crippen molar-refractivity contribution in [1.82, 2.24) is 9.88 Å². The molecule has 5 nitrogen and oxygen atoms in total. The van der Waals surface area contributed by atoms with E-state index < -0.39 is 5.67 Å². The lowest BCUT2D eigenvalue weighted by Crippen LogP contribution is -2.64. The van der Waals surface area contributed by atoms with Gasteiger partial charge in [0.2, 0.25) is 5.91 Å². The highest BCUT2D eigenvalue weighted by atomic mass is 19.1. The van der Waals surface area contributed by atoms with Crippen LogP contribution in [0.15, 0.2) is 42.6 Å². The fourth-order valence-electron chi connectivity index (χ4n) is 6.55. The van der Waals surface area contributed by atoms with Gasteiger partial charge in [0.1, 0.15) is 11.5 Å². The van der Waals surface area contributed by atoms with Gasteiger partial charge in [0, 0.05) is 30.3 Å². The SMILES string of the molecule is CC1(F)CN(C(=O)C23CCC(CN4Cc5cccnc5Nc5ccccc54)(CC2)CC3)C1. The second kappa shape index (κ2) is 6.93. The van der Waals surface area contributed by atoms with E-state index in [9.17, 15) is 9.18 Å². The van der Waals surface area contributed by atoms with Crippen LogP contribution in [0.3, 0.4) is 0 Å². The smallest absolute Gasteiger partial charge is 0.229 e. The molecule has 32 heavy (non-hydrogen) atoms. The van der Waals surface area contributed by atoms with Gasteiger partial charge in [0.15, 0.2) is 0 Å². The molecule has 6 heteroatoms. The number of nitrogens with one attached hydrogen (secondary N) is 1. The molecule has 2 bridgehead atoms. The molecule has 168 valence electrons. The molecule has 0 radical (unpaired) electrons. The quantitative estimate of drug-likeness (QED) is 0.734. The van der Waals surface area contributed by atoms with Crippen molar-refractivity contribution in [1.29, 1.82) is 0 Å². The van der Waals surface area contributed by atoms with Crippen LogP contribution in [0.5, 0.6) is 0 Å². The second-order valence-corrected chi connectivity index (χ2v) is 10.9. The summed E-state index contributed by atoms with van der Waals surface area (Å²) in [6.07, 6.45) is 7.89. The molecule has 0 spiro atoms. The Kier molecular flexibility index (Phi) is 4.33. The summed E-state index contributed by atoms with van der Waals surface area (Å²) >= 11 is 0. The van der Waals surface area contributed by atoms with Crippen LogP contribution in [0.25, 0.3) is 0 Å². The van der Waals surface area contributed by atoms with E-state index >= 15 is 0 Å². The Balaban J connectivity index is 1.22. The summed E-state index contributed by atoms with van der Waals surface area (Å²) in [6.45, 7) is 3.97. The standard InChI is InChI=1S/C26H31FN4O/c1-24(27)16-31(17-24)23(32)26-11-8-25(9-12-26,10-13-26)18-30-15-19-5-4-14-28-22(19)29-20-6-2-3-7-21(20)30/h2-7,14H,8-13,15-18H2,1H3,(H,28,29). The zero-order valence-corrected chi connectivity index (χ0v) is 18.7. The number of likely N-dealkylation sites (tertiary alicyclic amines) is 1. The predicted molar refractivity (Wildman–Crippen MR) is 124 cm³/mol. The molecule has 4 fully saturated rings. The number of nitrogens with zero attached hydrogens (tertiary/aromatic N) is 3. The summed E-state index contributed by atoms with van der Waals surface area (Å²) < 4.78 is 14.0. The summed E-state index contributed by atoms with van der Waals surface area (Å²) in [4.78, 5) is 22.1. The molecule has 1 aromatic carbocycles. The molecule has 1 amide bonds. The number of hydrogen-bond acceptors (Lipinski definition) is 4. The molecule has 3 aliphatic carbocycles. The van der Waals surface area contributed by atoms with Crippen LogP contribution in [-0.2, 0) is 11.3 Å². The molecule has 7 rings (SSSR count). The number of carbonyl (C=O) groups excluding carboxylic acids is 1. The van der Waals surface area contributed by atoms with Crippen molar-refractivity contribution >= 4 is 23.1 Å². The fourth-order valence-corrected chi connectivity index (χ4v) is 6.55. The molecule has 5 aliphatic rings. The lowest BCUT2D eigenvalue weighted by molar-refractivity contribution is -0.164. The minimum atomic E-state index is -1.20. The van der Waals surface area contributed by atoms with Crippen molar-refractivity contribution in [2.75, 3.05) is 29.9 Å². The first-order valence-electron chi connectivity index (χ1n) is 11.9. The highest BCUT2D eigenvalue weighted by Gasteiger charge is 2.56. The highest BCUT2D eigenvalue weighted by Crippen LogP contribution is 2.58. The number of anilines is 3. The fraction of sp³-hybridized carbons (Fsp3) is 0.538. The number of carbonyl (C=O) groups is 1. The van der Waals surface area contributed by atoms with Gasteiger partial charge in [0.25, 0.3) is 0 Å². The Morgan fingerprint density at radius 1 is 1.06 bits per heavy atom. The van der Waals surface area contributed by atoms with Gasteiger partial charge >= 0.3 is 0 Å². The first-order valence-corrected chi connectivity index (χ1v) is 11.9. The Morgan fingerprint density at radius 3 is 2.50 bits per heavy atom. The predicted octanol–water partition coefficient (Wildman–Crippen LogP) is 5.06. The summed E-state index contributed by atoms with van der Waals surface area (Å²) in [5, 5.41) is 3.53. The topological polar surface area (TPSA) is 48.5 Å². The number of pyridine rings is 1. The summed E-state index contributed by atoms with van der Waals surface area (Å²) in [5.74, 6) is 1.15. The lowest BCUT2D eigenvalue weighted by atomic mass is 9.53. The van der Waals surface area contributed by atoms with Gasteiger partial charge in [-0.25, -0.2) is 9.37 Å². The number of benzene rings is 1. The molecule has 1 N–H and O–H groups in total. The van der Waals surface area contributed by atoms with Crippen LogP contribution in [0.4, 0.5) is 21.6 Å². The molecule has 0 unspecified atom stereocenters. The van der Waals surface area contributed by atoms with E-state index in [1.807, 2.05) is 12.3 Å². The summed E-state index contributed by atoms with van der Waals surface area (Å²) in [5.41, 5.74) is 2.34. The van der Waals surface area contributed by atoms with Crippen LogP contribution in [0, 0.1) is 10.8 Å². The van der Waals surface area contributed by atoms with Gasteiger partial charge < -0.3 is 15.1 Å². The van der Waals surface area contributed by atoms with Crippen LogP contribution in [-0.4, -0.2) is 41.1 Å². The van der Waals surface area contributed by atoms with Crippen LogP contribution < -0.4 is 10.2 Å². The van der Waals surface area contributed by atoms with Crippen LogP contribution in [0.1, 0.15) is 51.0 Å². The number of aromatic nitrogens is 1. The van der Waals surface area contributed by atoms with E-state index in [0.717, 1.165) is 63.1 Å². The molecule has 2 aromatic rings. The van der Waals surface area contributed by atoms with E-state index in [0.29, 0.717) is 0 Å². The third-order valence-corrected chi connectivity index (χ3v) is 8.46. The van der Waals surface area contributed by atoms with Crippen molar-refractivity contribution in [2.45, 2.75) is 57.7 Å². The Bertz CT molecular complexity index is 1030. The van der Waals surface area contributed by atoms with Crippen molar-refractivity contribution < 1.29 is 9.18 Å². The maximum Gasteiger partial charge on any atom is 0.229 e. The van der Waals surface area contributed by atoms with Crippen LogP contribution in [0.2, 0.25) is 0 Å². The number of hydrogen-bond donors (Lipinski definition) is 1. The van der Waals surface area contributed by atoms with E-state index in [-0.39, 0.29) is 29.8 Å². The molecule has 1 saturated heterocycles. The molecule has 0 atom stereocenters. The van der Waals surface area contributed by atoms with Crippen molar-refractivity contribution in [3.05, 3.63) is 48.2 Å². The van der Waals surface area contributed by atoms with E-state index in [1.165, 1.54) is 11.3 Å². The lowest BCUT2D eigenvalue weighted by Gasteiger charge is -2.56. The zero-order valence-electron chi connectivity index (χ0n) is 18.7. The number of halogens is 1.